The summed E-state index contributed by atoms with van der Waals surface area (Å²) in [6.45, 7) is 9.79. The molecule has 1 aliphatic heterocycles. The van der Waals surface area contributed by atoms with Gasteiger partial charge in [0, 0.05) is 50.7 Å². The standard InChI is InChI=1S/C15H24N8OS/c1-11(2)19-13(24)12-9-25-15(20-12)23-10-18-21-14(23)17-5-8-22-6-3-16-4-7-22/h9-11,16H,3-8H2,1-2H3,(H,17,21)(H,19,24). The van der Waals surface area contributed by atoms with Crippen molar-refractivity contribution < 1.29 is 4.79 Å². The Balaban J connectivity index is 1.59. The van der Waals surface area contributed by atoms with Crippen LogP contribution in [0.3, 0.4) is 0 Å². The lowest BCUT2D eigenvalue weighted by molar-refractivity contribution is 0.0938. The number of amides is 1. The molecule has 3 heterocycles. The Kier molecular flexibility index (Phi) is 5.95. The Morgan fingerprint density at radius 2 is 2.20 bits per heavy atom. The second-order valence-corrected chi connectivity index (χ2v) is 7.02. The number of nitrogens with one attached hydrogen (secondary N) is 3. The average molecular weight is 364 g/mol. The van der Waals surface area contributed by atoms with Crippen molar-refractivity contribution in [2.75, 3.05) is 44.6 Å². The highest BCUT2D eigenvalue weighted by atomic mass is 32.1. The summed E-state index contributed by atoms with van der Waals surface area (Å²) in [7, 11) is 0. The number of nitrogens with zero attached hydrogens (tertiary/aromatic N) is 5. The van der Waals surface area contributed by atoms with E-state index >= 15 is 0 Å². The molecular formula is C15H24N8OS. The second kappa shape index (κ2) is 8.37. The number of rotatable bonds is 7. The predicted molar refractivity (Wildman–Crippen MR) is 97.4 cm³/mol. The third-order valence-corrected chi connectivity index (χ3v) is 4.66. The van der Waals surface area contributed by atoms with Crippen molar-refractivity contribution in [3.63, 3.8) is 0 Å². The third kappa shape index (κ3) is 4.74. The van der Waals surface area contributed by atoms with E-state index in [1.165, 1.54) is 11.3 Å². The van der Waals surface area contributed by atoms with Gasteiger partial charge in [0.2, 0.25) is 5.95 Å². The first-order chi connectivity index (χ1) is 12.1. The summed E-state index contributed by atoms with van der Waals surface area (Å²) in [6.07, 6.45) is 1.61. The van der Waals surface area contributed by atoms with Gasteiger partial charge in [-0.2, -0.15) is 0 Å². The molecule has 2 aromatic rings. The van der Waals surface area contributed by atoms with Crippen molar-refractivity contribution in [2.24, 2.45) is 0 Å². The van der Waals surface area contributed by atoms with Gasteiger partial charge < -0.3 is 16.0 Å². The van der Waals surface area contributed by atoms with Crippen LogP contribution in [-0.2, 0) is 0 Å². The Hall–Kier alpha value is -2.04. The first-order valence-electron chi connectivity index (χ1n) is 8.47. The van der Waals surface area contributed by atoms with Gasteiger partial charge in [-0.05, 0) is 13.8 Å². The van der Waals surface area contributed by atoms with E-state index in [-0.39, 0.29) is 11.9 Å². The fourth-order valence-electron chi connectivity index (χ4n) is 2.57. The molecule has 1 saturated heterocycles. The summed E-state index contributed by atoms with van der Waals surface area (Å²) >= 11 is 1.39. The molecule has 0 aliphatic carbocycles. The van der Waals surface area contributed by atoms with E-state index in [1.807, 2.05) is 13.8 Å². The molecule has 1 amide bonds. The van der Waals surface area contributed by atoms with Crippen LogP contribution in [0.15, 0.2) is 11.7 Å². The first kappa shape index (κ1) is 17.8. The second-order valence-electron chi connectivity index (χ2n) is 6.19. The SMILES string of the molecule is CC(C)NC(=O)c1csc(-n2cnnc2NCCN2CCNCC2)n1. The maximum absolute atomic E-state index is 12.0. The van der Waals surface area contributed by atoms with E-state index in [0.29, 0.717) is 16.8 Å². The highest BCUT2D eigenvalue weighted by Crippen LogP contribution is 2.18. The van der Waals surface area contributed by atoms with Crippen molar-refractivity contribution in [2.45, 2.75) is 19.9 Å². The predicted octanol–water partition coefficient (Wildman–Crippen LogP) is 0.179. The van der Waals surface area contributed by atoms with Crippen molar-refractivity contribution in [3.05, 3.63) is 17.4 Å². The average Bonchev–Trinajstić information content (AvgIpc) is 3.24. The summed E-state index contributed by atoms with van der Waals surface area (Å²) in [6, 6.07) is 0.0785. The van der Waals surface area contributed by atoms with Gasteiger partial charge in [0.1, 0.15) is 12.0 Å². The van der Waals surface area contributed by atoms with Gasteiger partial charge in [-0.3, -0.25) is 9.69 Å². The number of thiazole rings is 1. The lowest BCUT2D eigenvalue weighted by Crippen LogP contribution is -2.45. The van der Waals surface area contributed by atoms with E-state index in [2.05, 4.69) is 36.0 Å². The van der Waals surface area contributed by atoms with Gasteiger partial charge in [-0.15, -0.1) is 21.5 Å². The normalized spacial score (nSPS) is 15.5. The molecule has 0 bridgehead atoms. The lowest BCUT2D eigenvalue weighted by Gasteiger charge is -2.27. The zero-order chi connectivity index (χ0) is 17.6. The fourth-order valence-corrected chi connectivity index (χ4v) is 3.35. The number of piperazine rings is 1. The van der Waals surface area contributed by atoms with Gasteiger partial charge in [-0.25, -0.2) is 9.55 Å². The molecule has 25 heavy (non-hydrogen) atoms. The molecule has 3 N–H and O–H groups in total. The van der Waals surface area contributed by atoms with Gasteiger partial charge in [0.05, 0.1) is 0 Å². The molecule has 1 fully saturated rings. The largest absolute Gasteiger partial charge is 0.353 e. The summed E-state index contributed by atoms with van der Waals surface area (Å²) in [4.78, 5) is 18.8. The van der Waals surface area contributed by atoms with Crippen molar-refractivity contribution in [1.29, 1.82) is 0 Å². The molecule has 0 unspecified atom stereocenters. The van der Waals surface area contributed by atoms with E-state index in [9.17, 15) is 4.79 Å². The molecule has 9 nitrogen and oxygen atoms in total. The molecule has 136 valence electrons. The van der Waals surface area contributed by atoms with E-state index < -0.39 is 0 Å². The highest BCUT2D eigenvalue weighted by molar-refractivity contribution is 7.12. The van der Waals surface area contributed by atoms with Crippen LogP contribution in [0.25, 0.3) is 5.13 Å². The molecule has 0 radical (unpaired) electrons. The number of hydrogen-bond donors (Lipinski definition) is 3. The Labute approximate surface area is 150 Å². The maximum atomic E-state index is 12.0. The first-order valence-corrected chi connectivity index (χ1v) is 9.35. The highest BCUT2D eigenvalue weighted by Gasteiger charge is 2.15. The molecule has 2 aromatic heterocycles. The van der Waals surface area contributed by atoms with Crippen LogP contribution < -0.4 is 16.0 Å². The summed E-state index contributed by atoms with van der Waals surface area (Å²) in [5.41, 5.74) is 0.411. The Morgan fingerprint density at radius 3 is 2.96 bits per heavy atom. The van der Waals surface area contributed by atoms with Crippen LogP contribution in [0, 0.1) is 0 Å². The Morgan fingerprint density at radius 1 is 1.40 bits per heavy atom. The summed E-state index contributed by atoms with van der Waals surface area (Å²) in [5, 5.41) is 20.0. The van der Waals surface area contributed by atoms with Crippen LogP contribution in [-0.4, -0.2) is 75.9 Å². The molecule has 0 saturated carbocycles. The number of carbonyl (C=O) groups is 1. The maximum Gasteiger partial charge on any atom is 0.271 e. The summed E-state index contributed by atoms with van der Waals surface area (Å²) in [5.74, 6) is 0.471. The van der Waals surface area contributed by atoms with Crippen LogP contribution in [0.2, 0.25) is 0 Å². The topological polar surface area (TPSA) is 100 Å². The zero-order valence-corrected chi connectivity index (χ0v) is 15.3. The minimum atomic E-state index is -0.168. The van der Waals surface area contributed by atoms with Crippen LogP contribution in [0.5, 0.6) is 0 Å². The van der Waals surface area contributed by atoms with Gasteiger partial charge in [0.15, 0.2) is 5.13 Å². The molecule has 0 spiro atoms. The number of hydrogen-bond acceptors (Lipinski definition) is 8. The smallest absolute Gasteiger partial charge is 0.271 e. The minimum Gasteiger partial charge on any atom is -0.353 e. The third-order valence-electron chi connectivity index (χ3n) is 3.82. The van der Waals surface area contributed by atoms with E-state index in [0.717, 1.165) is 39.3 Å². The van der Waals surface area contributed by atoms with Gasteiger partial charge in [-0.1, -0.05) is 0 Å². The zero-order valence-electron chi connectivity index (χ0n) is 14.5. The quantitative estimate of drug-likeness (QED) is 0.644. The van der Waals surface area contributed by atoms with Crippen LogP contribution in [0.4, 0.5) is 5.95 Å². The van der Waals surface area contributed by atoms with Gasteiger partial charge >= 0.3 is 0 Å². The van der Waals surface area contributed by atoms with Gasteiger partial charge in [0.25, 0.3) is 5.91 Å². The molecule has 1 aliphatic rings. The monoisotopic (exact) mass is 364 g/mol. The summed E-state index contributed by atoms with van der Waals surface area (Å²) < 4.78 is 1.77. The molecule has 3 rings (SSSR count). The van der Waals surface area contributed by atoms with Crippen LogP contribution >= 0.6 is 11.3 Å². The van der Waals surface area contributed by atoms with Crippen LogP contribution in [0.1, 0.15) is 24.3 Å². The lowest BCUT2D eigenvalue weighted by atomic mass is 10.3. The fraction of sp³-hybridized carbons (Fsp3) is 0.600. The van der Waals surface area contributed by atoms with E-state index in [4.69, 9.17) is 0 Å². The van der Waals surface area contributed by atoms with Crippen molar-refractivity contribution >= 4 is 23.2 Å². The van der Waals surface area contributed by atoms with Crippen molar-refractivity contribution in [3.8, 4) is 5.13 Å². The number of aromatic nitrogens is 4. The molecule has 0 atom stereocenters. The molecule has 0 aromatic carbocycles. The molecule has 10 heteroatoms. The van der Waals surface area contributed by atoms with E-state index in [1.54, 1.807) is 16.3 Å². The Bertz CT molecular complexity index is 691. The molecular weight excluding hydrogens is 340 g/mol. The van der Waals surface area contributed by atoms with Crippen molar-refractivity contribution in [1.82, 2.24) is 35.3 Å². The number of carbonyl (C=O) groups excluding carboxylic acids is 1. The minimum absolute atomic E-state index is 0.0785. The number of anilines is 1.